The molecule has 3 saturated carbocycles. The lowest BCUT2D eigenvalue weighted by atomic mass is 9.41. The molecule has 6 aliphatic rings. The minimum Gasteiger partial charge on any atom is -0.394 e. The lowest BCUT2D eigenvalue weighted by Crippen LogP contribution is -2.63. The number of rotatable bonds is 11. The summed E-state index contributed by atoms with van der Waals surface area (Å²) in [6.45, 7) is 15.9. The number of aliphatic hydroxyl groups is 10. The van der Waals surface area contributed by atoms with Crippen LogP contribution in [0.25, 0.3) is 0 Å². The lowest BCUT2D eigenvalue weighted by molar-refractivity contribution is -0.343. The SMILES string of the molecule is CC(C(O)CC(O)C(C)(C)O)C1CCC2(C)C3CCC4C(C)(CCC(OC5OC(COC6OC(CO)C(O)C(O)C6O)C(O)C(O)C5O)C4(C)C)C3=CCC12C. The highest BCUT2D eigenvalue weighted by Crippen LogP contribution is 2.73. The van der Waals surface area contributed by atoms with Crippen LogP contribution in [0.5, 0.6) is 0 Å². The van der Waals surface area contributed by atoms with E-state index in [2.05, 4.69) is 47.6 Å². The van der Waals surface area contributed by atoms with Crippen LogP contribution in [-0.2, 0) is 18.9 Å². The fourth-order valence-corrected chi connectivity index (χ4v) is 12.6. The maximum Gasteiger partial charge on any atom is 0.186 e. The highest BCUT2D eigenvalue weighted by Gasteiger charge is 2.66. The Kier molecular flexibility index (Phi) is 12.7. The molecule has 0 amide bonds. The van der Waals surface area contributed by atoms with Gasteiger partial charge in [-0.05, 0) is 104 Å². The Balaban J connectivity index is 1.14. The first-order chi connectivity index (χ1) is 25.9. The summed E-state index contributed by atoms with van der Waals surface area (Å²) in [5.74, 6) is 0.856. The van der Waals surface area contributed by atoms with Crippen LogP contribution < -0.4 is 0 Å². The van der Waals surface area contributed by atoms with E-state index in [-0.39, 0.29) is 51.9 Å². The molecule has 324 valence electrons. The standard InChI is InChI=1S/C42H72O14/c1-20(24(44)17-28(45)39(4,5)52)21-11-15-42(8)23-9-10-27-38(2,3)29(13-14-40(27,6)22(23)12-16-41(21,42)7)56-37-35(51)33(49)31(47)26(55-37)19-53-36-34(50)32(48)30(46)25(18-43)54-36/h12,20-21,23-37,43-52H,9-11,13-19H2,1-8H3. The van der Waals surface area contributed by atoms with Crippen molar-refractivity contribution in [3.8, 4) is 0 Å². The highest BCUT2D eigenvalue weighted by atomic mass is 16.7. The molecule has 0 radical (unpaired) electrons. The third kappa shape index (κ3) is 7.37. The molecule has 10 N–H and O–H groups in total. The first-order valence-corrected chi connectivity index (χ1v) is 21.0. The number of fused-ring (bicyclic) bond motifs is 5. The minimum atomic E-state index is -1.66. The van der Waals surface area contributed by atoms with Gasteiger partial charge in [0.1, 0.15) is 48.8 Å². The smallest absolute Gasteiger partial charge is 0.186 e. The van der Waals surface area contributed by atoms with E-state index in [0.29, 0.717) is 12.3 Å². The van der Waals surface area contributed by atoms with Gasteiger partial charge in [-0.2, -0.15) is 0 Å². The van der Waals surface area contributed by atoms with Gasteiger partial charge in [0, 0.05) is 6.42 Å². The molecule has 14 nitrogen and oxygen atoms in total. The first kappa shape index (κ1) is 44.7. The van der Waals surface area contributed by atoms with Gasteiger partial charge in [-0.3, -0.25) is 0 Å². The molecule has 20 atom stereocenters. The van der Waals surface area contributed by atoms with Gasteiger partial charge in [-0.25, -0.2) is 0 Å². The van der Waals surface area contributed by atoms with Crippen molar-refractivity contribution in [2.24, 2.45) is 45.3 Å². The molecule has 0 aromatic carbocycles. The first-order valence-electron chi connectivity index (χ1n) is 21.0. The van der Waals surface area contributed by atoms with Crippen LogP contribution in [0.1, 0.15) is 107 Å². The van der Waals surface area contributed by atoms with Gasteiger partial charge in [0.15, 0.2) is 12.6 Å². The molecule has 56 heavy (non-hydrogen) atoms. The number of hydrogen-bond acceptors (Lipinski definition) is 14. The molecule has 2 aliphatic heterocycles. The summed E-state index contributed by atoms with van der Waals surface area (Å²) in [7, 11) is 0. The van der Waals surface area contributed by atoms with Gasteiger partial charge < -0.3 is 70.0 Å². The third-order valence-electron chi connectivity index (χ3n) is 16.6. The second kappa shape index (κ2) is 15.9. The second-order valence-corrected chi connectivity index (χ2v) is 20.3. The molecule has 14 heteroatoms. The molecule has 2 heterocycles. The predicted octanol–water partition coefficient (Wildman–Crippen LogP) is 1.12. The number of hydrogen-bond donors (Lipinski definition) is 10. The molecule has 0 aromatic rings. The van der Waals surface area contributed by atoms with E-state index in [1.165, 1.54) is 5.57 Å². The summed E-state index contributed by atoms with van der Waals surface area (Å²) in [5.41, 5.74) is -0.244. The zero-order valence-electron chi connectivity index (χ0n) is 34.6. The summed E-state index contributed by atoms with van der Waals surface area (Å²) in [6, 6.07) is 0. The van der Waals surface area contributed by atoms with Crippen molar-refractivity contribution in [3.05, 3.63) is 11.6 Å². The van der Waals surface area contributed by atoms with Crippen molar-refractivity contribution in [2.45, 2.75) is 192 Å². The fourth-order valence-electron chi connectivity index (χ4n) is 12.6. The zero-order chi connectivity index (χ0) is 41.5. The maximum atomic E-state index is 11.3. The van der Waals surface area contributed by atoms with Crippen molar-refractivity contribution in [1.82, 2.24) is 0 Å². The van der Waals surface area contributed by atoms with Crippen LogP contribution in [0.4, 0.5) is 0 Å². The van der Waals surface area contributed by atoms with Gasteiger partial charge in [-0.15, -0.1) is 0 Å². The van der Waals surface area contributed by atoms with E-state index in [1.54, 1.807) is 13.8 Å². The third-order valence-corrected chi connectivity index (χ3v) is 16.6. The van der Waals surface area contributed by atoms with Crippen LogP contribution in [0.3, 0.4) is 0 Å². The molecule has 0 spiro atoms. The van der Waals surface area contributed by atoms with Crippen molar-refractivity contribution < 1.29 is 70.0 Å². The number of aliphatic hydroxyl groups excluding tert-OH is 9. The Hall–Kier alpha value is -0.820. The summed E-state index contributed by atoms with van der Waals surface area (Å²) in [5, 5.41) is 105. The Morgan fingerprint density at radius 1 is 0.786 bits per heavy atom. The zero-order valence-corrected chi connectivity index (χ0v) is 34.6. The quantitative estimate of drug-likeness (QED) is 0.104. The lowest BCUT2D eigenvalue weighted by Gasteiger charge is -2.64. The van der Waals surface area contributed by atoms with Crippen molar-refractivity contribution >= 4 is 0 Å². The molecular formula is C42H72O14. The number of ether oxygens (including phenoxy) is 4. The monoisotopic (exact) mass is 800 g/mol. The van der Waals surface area contributed by atoms with Crippen molar-refractivity contribution in [1.29, 1.82) is 0 Å². The highest BCUT2D eigenvalue weighted by molar-refractivity contribution is 5.33. The van der Waals surface area contributed by atoms with Gasteiger partial charge >= 0.3 is 0 Å². The Morgan fingerprint density at radius 3 is 2.02 bits per heavy atom. The molecular weight excluding hydrogens is 728 g/mol. The average molecular weight is 801 g/mol. The van der Waals surface area contributed by atoms with Crippen molar-refractivity contribution in [3.63, 3.8) is 0 Å². The van der Waals surface area contributed by atoms with Crippen molar-refractivity contribution in [2.75, 3.05) is 13.2 Å². The van der Waals surface area contributed by atoms with Crippen LogP contribution in [-0.4, -0.2) is 150 Å². The Morgan fingerprint density at radius 2 is 1.39 bits per heavy atom. The van der Waals surface area contributed by atoms with Crippen LogP contribution in [0, 0.1) is 45.3 Å². The topological polar surface area (TPSA) is 239 Å². The summed E-state index contributed by atoms with van der Waals surface area (Å²) >= 11 is 0. The second-order valence-electron chi connectivity index (χ2n) is 20.3. The summed E-state index contributed by atoms with van der Waals surface area (Å²) in [4.78, 5) is 0. The normalized spacial score (nSPS) is 49.6. The fraction of sp³-hybridized carbons (Fsp3) is 0.952. The van der Waals surface area contributed by atoms with Gasteiger partial charge in [0.25, 0.3) is 0 Å². The average Bonchev–Trinajstić information content (AvgIpc) is 3.41. The largest absolute Gasteiger partial charge is 0.394 e. The van der Waals surface area contributed by atoms with E-state index in [1.807, 2.05) is 0 Å². The van der Waals surface area contributed by atoms with Gasteiger partial charge in [-0.1, -0.05) is 53.2 Å². The van der Waals surface area contributed by atoms with E-state index in [9.17, 15) is 51.1 Å². The van der Waals surface area contributed by atoms with Crippen LogP contribution >= 0.6 is 0 Å². The van der Waals surface area contributed by atoms with Gasteiger partial charge in [0.2, 0.25) is 0 Å². The molecule has 20 unspecified atom stereocenters. The number of allylic oxidation sites excluding steroid dienone is 2. The molecule has 6 rings (SSSR count). The minimum absolute atomic E-state index is 0.0276. The predicted molar refractivity (Wildman–Crippen MR) is 202 cm³/mol. The molecule has 0 aromatic heterocycles. The summed E-state index contributed by atoms with van der Waals surface area (Å²) < 4.78 is 23.7. The molecule has 0 bridgehead atoms. The van der Waals surface area contributed by atoms with E-state index < -0.39 is 92.4 Å². The summed E-state index contributed by atoms with van der Waals surface area (Å²) in [6.07, 6.45) is -7.75. The molecule has 5 fully saturated rings. The van der Waals surface area contributed by atoms with E-state index in [0.717, 1.165) is 38.5 Å². The van der Waals surface area contributed by atoms with Crippen LogP contribution in [0.15, 0.2) is 11.6 Å². The van der Waals surface area contributed by atoms with E-state index in [4.69, 9.17) is 18.9 Å². The van der Waals surface area contributed by atoms with E-state index >= 15 is 0 Å². The Labute approximate surface area is 331 Å². The van der Waals surface area contributed by atoms with Crippen LogP contribution in [0.2, 0.25) is 0 Å². The molecule has 2 saturated heterocycles. The maximum absolute atomic E-state index is 11.3. The Bertz CT molecular complexity index is 1400. The molecule has 4 aliphatic carbocycles. The van der Waals surface area contributed by atoms with Gasteiger partial charge in [0.05, 0.1) is 37.1 Å².